The molecule has 0 spiro atoms. The molecule has 0 saturated heterocycles. The van der Waals surface area contributed by atoms with Gasteiger partial charge in [-0.1, -0.05) is 12.1 Å². The molecule has 0 saturated carbocycles. The van der Waals surface area contributed by atoms with Crippen molar-refractivity contribution < 1.29 is 9.21 Å². The molecule has 0 aliphatic carbocycles. The van der Waals surface area contributed by atoms with Crippen LogP contribution in [0.2, 0.25) is 0 Å². The molecule has 0 radical (unpaired) electrons. The maximum Gasteiger partial charge on any atom is 0.291 e. The monoisotopic (exact) mass is 309 g/mol. The first-order chi connectivity index (χ1) is 11.1. The van der Waals surface area contributed by atoms with Crippen LogP contribution in [0.4, 0.5) is 11.4 Å². The van der Waals surface area contributed by atoms with Crippen LogP contribution in [-0.2, 0) is 6.54 Å². The molecule has 6 heteroatoms. The zero-order chi connectivity index (χ0) is 16.2. The summed E-state index contributed by atoms with van der Waals surface area (Å²) in [6.07, 6.45) is 3.32. The summed E-state index contributed by atoms with van der Waals surface area (Å²) in [5.74, 6) is 0.443. The molecule has 6 nitrogen and oxygen atoms in total. The van der Waals surface area contributed by atoms with E-state index in [1.54, 1.807) is 53.4 Å². The molecule has 0 fully saturated rings. The van der Waals surface area contributed by atoms with E-state index in [0.29, 0.717) is 23.7 Å². The van der Waals surface area contributed by atoms with E-state index in [0.717, 1.165) is 0 Å². The van der Waals surface area contributed by atoms with Crippen LogP contribution in [0.3, 0.4) is 0 Å². The number of hydrogen-bond acceptors (Lipinski definition) is 4. The zero-order valence-corrected chi connectivity index (χ0v) is 12.2. The van der Waals surface area contributed by atoms with Gasteiger partial charge in [0.2, 0.25) is 0 Å². The second-order valence-electron chi connectivity index (χ2n) is 5.01. The van der Waals surface area contributed by atoms with Crippen LogP contribution in [0, 0.1) is 0 Å². The largest absolute Gasteiger partial charge is 0.454 e. The number of aromatic nitrogens is 1. The highest BCUT2D eigenvalue weighted by Crippen LogP contribution is 2.18. The lowest BCUT2D eigenvalue weighted by Gasteiger charge is -2.06. The third-order valence-corrected chi connectivity index (χ3v) is 3.29. The van der Waals surface area contributed by atoms with Gasteiger partial charge in [-0.2, -0.15) is 0 Å². The molecule has 2 aromatic heterocycles. The minimum atomic E-state index is -0.367. The Morgan fingerprint density at radius 3 is 2.57 bits per heavy atom. The smallest absolute Gasteiger partial charge is 0.291 e. The van der Waals surface area contributed by atoms with Gasteiger partial charge in [0.05, 0.1) is 17.9 Å². The number of anilines is 2. The van der Waals surface area contributed by atoms with Crippen molar-refractivity contribution in [1.82, 2.24) is 4.57 Å². The Balaban J connectivity index is 1.71. The van der Waals surface area contributed by atoms with E-state index in [1.165, 1.54) is 12.1 Å². The van der Waals surface area contributed by atoms with Gasteiger partial charge in [0.25, 0.3) is 5.91 Å². The molecule has 0 atom stereocenters. The second kappa shape index (κ2) is 6.23. The van der Waals surface area contributed by atoms with Crippen LogP contribution in [0.1, 0.15) is 16.3 Å². The minimum absolute atomic E-state index is 0.0544. The molecule has 3 rings (SSSR count). The first kappa shape index (κ1) is 14.6. The number of rotatable bonds is 4. The number of amides is 1. The first-order valence-electron chi connectivity index (χ1n) is 7.02. The van der Waals surface area contributed by atoms with Gasteiger partial charge < -0.3 is 20.0 Å². The summed E-state index contributed by atoms with van der Waals surface area (Å²) in [7, 11) is 0. The SMILES string of the molecule is Nc1ccccc1NC(=O)c1ccc(Cn2ccc(=O)cc2)o1. The average Bonchev–Trinajstić information content (AvgIpc) is 3.00. The molecule has 116 valence electrons. The predicted octanol–water partition coefficient (Wildman–Crippen LogP) is 2.32. The number of carbonyl (C=O) groups excluding carboxylic acids is 1. The highest BCUT2D eigenvalue weighted by molar-refractivity contribution is 6.03. The van der Waals surface area contributed by atoms with Crippen LogP contribution in [-0.4, -0.2) is 10.5 Å². The van der Waals surface area contributed by atoms with Gasteiger partial charge in [0.15, 0.2) is 11.2 Å². The van der Waals surface area contributed by atoms with Crippen molar-refractivity contribution in [3.8, 4) is 0 Å². The fourth-order valence-electron chi connectivity index (χ4n) is 2.11. The fourth-order valence-corrected chi connectivity index (χ4v) is 2.11. The Morgan fingerprint density at radius 2 is 1.83 bits per heavy atom. The number of nitrogens with two attached hydrogens (primary N) is 1. The number of benzene rings is 1. The average molecular weight is 309 g/mol. The van der Waals surface area contributed by atoms with Crippen LogP contribution in [0.15, 0.2) is 70.1 Å². The van der Waals surface area contributed by atoms with Gasteiger partial charge in [-0.25, -0.2) is 0 Å². The van der Waals surface area contributed by atoms with Gasteiger partial charge >= 0.3 is 0 Å². The normalized spacial score (nSPS) is 10.4. The van der Waals surface area contributed by atoms with Gasteiger partial charge in [-0.3, -0.25) is 9.59 Å². The summed E-state index contributed by atoms with van der Waals surface area (Å²) in [6.45, 7) is 0.432. The van der Waals surface area contributed by atoms with Crippen molar-refractivity contribution in [2.45, 2.75) is 6.54 Å². The Bertz CT molecular complexity index is 875. The molecule has 1 amide bonds. The number of carbonyl (C=O) groups is 1. The number of pyridine rings is 1. The van der Waals surface area contributed by atoms with Crippen molar-refractivity contribution in [1.29, 1.82) is 0 Å². The number of para-hydroxylation sites is 2. The van der Waals surface area contributed by atoms with Crippen molar-refractivity contribution in [2.75, 3.05) is 11.1 Å². The molecular formula is C17H15N3O3. The maximum absolute atomic E-state index is 12.2. The Hall–Kier alpha value is -3.28. The van der Waals surface area contributed by atoms with E-state index in [2.05, 4.69) is 5.32 Å². The number of nitrogens with one attached hydrogen (secondary N) is 1. The van der Waals surface area contributed by atoms with Gasteiger partial charge in [-0.05, 0) is 24.3 Å². The summed E-state index contributed by atoms with van der Waals surface area (Å²) >= 11 is 0. The highest BCUT2D eigenvalue weighted by Gasteiger charge is 2.12. The summed E-state index contributed by atoms with van der Waals surface area (Å²) in [4.78, 5) is 23.2. The predicted molar refractivity (Wildman–Crippen MR) is 87.3 cm³/mol. The van der Waals surface area contributed by atoms with Gasteiger partial charge in [0.1, 0.15) is 5.76 Å². The number of nitrogens with zero attached hydrogens (tertiary/aromatic N) is 1. The van der Waals surface area contributed by atoms with E-state index in [-0.39, 0.29) is 17.1 Å². The number of nitrogen functional groups attached to an aromatic ring is 1. The van der Waals surface area contributed by atoms with Crippen molar-refractivity contribution >= 4 is 17.3 Å². The summed E-state index contributed by atoms with van der Waals surface area (Å²) in [5.41, 5.74) is 6.76. The third kappa shape index (κ3) is 3.49. The van der Waals surface area contributed by atoms with E-state index in [4.69, 9.17) is 10.2 Å². The minimum Gasteiger partial charge on any atom is -0.454 e. The van der Waals surface area contributed by atoms with E-state index in [1.807, 2.05) is 0 Å². The molecule has 2 heterocycles. The zero-order valence-electron chi connectivity index (χ0n) is 12.2. The Morgan fingerprint density at radius 1 is 1.09 bits per heavy atom. The molecule has 0 unspecified atom stereocenters. The molecule has 3 aromatic rings. The van der Waals surface area contributed by atoms with Crippen LogP contribution in [0.5, 0.6) is 0 Å². The van der Waals surface area contributed by atoms with E-state index in [9.17, 15) is 9.59 Å². The number of hydrogen-bond donors (Lipinski definition) is 2. The molecule has 3 N–H and O–H groups in total. The van der Waals surface area contributed by atoms with E-state index < -0.39 is 0 Å². The molecule has 23 heavy (non-hydrogen) atoms. The second-order valence-corrected chi connectivity index (χ2v) is 5.01. The Labute approximate surface area is 132 Å². The van der Waals surface area contributed by atoms with Gasteiger partial charge in [0, 0.05) is 24.5 Å². The highest BCUT2D eigenvalue weighted by atomic mass is 16.4. The van der Waals surface area contributed by atoms with E-state index >= 15 is 0 Å². The van der Waals surface area contributed by atoms with Crippen molar-refractivity contribution in [3.63, 3.8) is 0 Å². The molecule has 1 aromatic carbocycles. The topological polar surface area (TPSA) is 90.3 Å². The molecular weight excluding hydrogens is 294 g/mol. The van der Waals surface area contributed by atoms with Crippen LogP contribution in [0.25, 0.3) is 0 Å². The molecule has 0 aliphatic rings. The van der Waals surface area contributed by atoms with Gasteiger partial charge in [-0.15, -0.1) is 0 Å². The maximum atomic E-state index is 12.2. The standard InChI is InChI=1S/C17H15N3O3/c18-14-3-1-2-4-15(14)19-17(22)16-6-5-13(23-16)11-20-9-7-12(21)8-10-20/h1-10H,11,18H2,(H,19,22). The lowest BCUT2D eigenvalue weighted by Crippen LogP contribution is -2.12. The van der Waals surface area contributed by atoms with Crippen LogP contribution >= 0.6 is 0 Å². The van der Waals surface area contributed by atoms with Crippen molar-refractivity contribution in [3.05, 3.63) is 82.7 Å². The Kier molecular flexibility index (Phi) is 3.97. The summed E-state index contributed by atoms with van der Waals surface area (Å²) in [6, 6.07) is 13.3. The fraction of sp³-hybridized carbons (Fsp3) is 0.0588. The van der Waals surface area contributed by atoms with Crippen LogP contribution < -0.4 is 16.5 Å². The summed E-state index contributed by atoms with van der Waals surface area (Å²) in [5, 5.41) is 2.71. The van der Waals surface area contributed by atoms with Crippen molar-refractivity contribution in [2.24, 2.45) is 0 Å². The first-order valence-corrected chi connectivity index (χ1v) is 7.02. The third-order valence-electron chi connectivity index (χ3n) is 3.29. The molecule has 0 bridgehead atoms. The summed E-state index contributed by atoms with van der Waals surface area (Å²) < 4.78 is 7.33. The quantitative estimate of drug-likeness (QED) is 0.724. The molecule has 0 aliphatic heterocycles. The lowest BCUT2D eigenvalue weighted by molar-refractivity contribution is 0.0995. The lowest BCUT2D eigenvalue weighted by atomic mass is 10.2. The number of furan rings is 1.